The SMILES string of the molecule is C=C(CNC(=O)OCCC(C)C)C(=O)OCCOC(=O)Nc1ccc(C)cc1. The van der Waals surface area contributed by atoms with Crippen LogP contribution in [0.5, 0.6) is 0 Å². The average molecular weight is 392 g/mol. The molecule has 1 aromatic carbocycles. The molecule has 0 aliphatic heterocycles. The van der Waals surface area contributed by atoms with Gasteiger partial charge >= 0.3 is 18.2 Å². The van der Waals surface area contributed by atoms with Crippen LogP contribution in [-0.2, 0) is 19.0 Å². The Morgan fingerprint density at radius 3 is 2.21 bits per heavy atom. The van der Waals surface area contributed by atoms with Gasteiger partial charge in [-0.1, -0.05) is 38.1 Å². The maximum atomic E-state index is 11.8. The Hall–Kier alpha value is -3.03. The monoisotopic (exact) mass is 392 g/mol. The van der Waals surface area contributed by atoms with E-state index in [4.69, 9.17) is 14.2 Å². The van der Waals surface area contributed by atoms with Crippen LogP contribution in [-0.4, -0.2) is 44.5 Å². The second-order valence-corrected chi connectivity index (χ2v) is 6.54. The molecule has 2 N–H and O–H groups in total. The molecule has 1 rings (SSSR count). The van der Waals surface area contributed by atoms with E-state index >= 15 is 0 Å². The largest absolute Gasteiger partial charge is 0.459 e. The van der Waals surface area contributed by atoms with Crippen molar-refractivity contribution in [2.24, 2.45) is 5.92 Å². The maximum Gasteiger partial charge on any atom is 0.411 e. The molecular formula is C20H28N2O6. The number of anilines is 1. The van der Waals surface area contributed by atoms with E-state index in [1.54, 1.807) is 12.1 Å². The number of benzene rings is 1. The zero-order valence-electron chi connectivity index (χ0n) is 16.6. The molecule has 154 valence electrons. The molecule has 0 fully saturated rings. The zero-order valence-corrected chi connectivity index (χ0v) is 16.6. The van der Waals surface area contributed by atoms with E-state index in [0.29, 0.717) is 18.2 Å². The summed E-state index contributed by atoms with van der Waals surface area (Å²) in [6, 6.07) is 7.22. The normalized spacial score (nSPS) is 10.1. The number of carbonyl (C=O) groups is 3. The quantitative estimate of drug-likeness (QED) is 0.274. The number of carbonyl (C=O) groups excluding carboxylic acids is 3. The van der Waals surface area contributed by atoms with Crippen molar-refractivity contribution in [1.82, 2.24) is 5.32 Å². The standard InChI is InChI=1S/C20H28N2O6/c1-14(2)9-10-27-19(24)21-13-16(4)18(23)26-11-12-28-20(25)22-17-7-5-15(3)6-8-17/h5-8,14H,4,9-13H2,1-3H3,(H,21,24)(H,22,25). The Morgan fingerprint density at radius 2 is 1.57 bits per heavy atom. The summed E-state index contributed by atoms with van der Waals surface area (Å²) in [7, 11) is 0. The van der Waals surface area contributed by atoms with E-state index in [2.05, 4.69) is 17.2 Å². The van der Waals surface area contributed by atoms with Gasteiger partial charge in [0.05, 0.1) is 13.2 Å². The molecule has 0 saturated heterocycles. The van der Waals surface area contributed by atoms with Crippen molar-refractivity contribution in [3.63, 3.8) is 0 Å². The van der Waals surface area contributed by atoms with Gasteiger partial charge in [-0.25, -0.2) is 14.4 Å². The highest BCUT2D eigenvalue weighted by molar-refractivity contribution is 5.89. The van der Waals surface area contributed by atoms with Crippen molar-refractivity contribution < 1.29 is 28.6 Å². The van der Waals surface area contributed by atoms with Crippen molar-refractivity contribution >= 4 is 23.8 Å². The van der Waals surface area contributed by atoms with Crippen molar-refractivity contribution in [3.05, 3.63) is 42.0 Å². The lowest BCUT2D eigenvalue weighted by Gasteiger charge is -2.10. The van der Waals surface area contributed by atoms with E-state index in [-0.39, 0.29) is 25.3 Å². The van der Waals surface area contributed by atoms with Crippen LogP contribution in [0.4, 0.5) is 15.3 Å². The Kier molecular flexibility index (Phi) is 10.2. The lowest BCUT2D eigenvalue weighted by Crippen LogP contribution is -2.29. The van der Waals surface area contributed by atoms with E-state index in [0.717, 1.165) is 12.0 Å². The number of aryl methyl sites for hydroxylation is 1. The van der Waals surface area contributed by atoms with Gasteiger partial charge in [-0.15, -0.1) is 0 Å². The van der Waals surface area contributed by atoms with E-state index < -0.39 is 18.2 Å². The van der Waals surface area contributed by atoms with Gasteiger partial charge in [0.2, 0.25) is 0 Å². The summed E-state index contributed by atoms with van der Waals surface area (Å²) in [5, 5.41) is 4.98. The van der Waals surface area contributed by atoms with Gasteiger partial charge in [0.15, 0.2) is 0 Å². The molecule has 0 unspecified atom stereocenters. The highest BCUT2D eigenvalue weighted by Crippen LogP contribution is 2.08. The molecule has 0 aliphatic rings. The predicted molar refractivity (Wildman–Crippen MR) is 105 cm³/mol. The number of esters is 1. The van der Waals surface area contributed by atoms with Crippen LogP contribution in [0.25, 0.3) is 0 Å². The smallest absolute Gasteiger partial charge is 0.411 e. The topological polar surface area (TPSA) is 103 Å². The third-order valence-electron chi connectivity index (χ3n) is 3.51. The first kappa shape index (κ1) is 23.0. The molecule has 0 bridgehead atoms. The van der Waals surface area contributed by atoms with Crippen molar-refractivity contribution in [2.75, 3.05) is 31.7 Å². The Bertz CT molecular complexity index is 670. The van der Waals surface area contributed by atoms with Crippen LogP contribution in [0.3, 0.4) is 0 Å². The van der Waals surface area contributed by atoms with Crippen LogP contribution in [0, 0.1) is 12.8 Å². The molecule has 0 spiro atoms. The number of amides is 2. The fraction of sp³-hybridized carbons (Fsp3) is 0.450. The molecule has 0 aromatic heterocycles. The minimum atomic E-state index is -0.690. The van der Waals surface area contributed by atoms with Crippen LogP contribution >= 0.6 is 0 Å². The lowest BCUT2D eigenvalue weighted by atomic mass is 10.1. The molecule has 1 aromatic rings. The van der Waals surface area contributed by atoms with Gasteiger partial charge in [-0.2, -0.15) is 0 Å². The zero-order chi connectivity index (χ0) is 20.9. The third-order valence-corrected chi connectivity index (χ3v) is 3.51. The Morgan fingerprint density at radius 1 is 0.964 bits per heavy atom. The summed E-state index contributed by atoms with van der Waals surface area (Å²) in [5.74, 6) is -0.260. The molecule has 0 heterocycles. The Balaban J connectivity index is 2.14. The summed E-state index contributed by atoms with van der Waals surface area (Å²) in [5.41, 5.74) is 1.74. The molecule has 28 heavy (non-hydrogen) atoms. The molecule has 2 amide bonds. The van der Waals surface area contributed by atoms with Crippen LogP contribution in [0.15, 0.2) is 36.4 Å². The highest BCUT2D eigenvalue weighted by atomic mass is 16.6. The molecular weight excluding hydrogens is 364 g/mol. The van der Waals surface area contributed by atoms with Gasteiger partial charge in [0, 0.05) is 11.3 Å². The second-order valence-electron chi connectivity index (χ2n) is 6.54. The van der Waals surface area contributed by atoms with Crippen molar-refractivity contribution in [3.8, 4) is 0 Å². The van der Waals surface area contributed by atoms with Gasteiger partial charge in [0.1, 0.15) is 13.2 Å². The summed E-state index contributed by atoms with van der Waals surface area (Å²) < 4.78 is 14.8. The van der Waals surface area contributed by atoms with E-state index in [1.165, 1.54) is 0 Å². The van der Waals surface area contributed by atoms with Crippen molar-refractivity contribution in [2.45, 2.75) is 27.2 Å². The number of hydrogen-bond acceptors (Lipinski definition) is 6. The number of ether oxygens (including phenoxy) is 3. The average Bonchev–Trinajstić information content (AvgIpc) is 2.64. The molecule has 8 heteroatoms. The summed E-state index contributed by atoms with van der Waals surface area (Å²) in [4.78, 5) is 34.9. The third kappa shape index (κ3) is 10.2. The first-order valence-corrected chi connectivity index (χ1v) is 9.04. The fourth-order valence-electron chi connectivity index (χ4n) is 1.85. The Labute approximate surface area is 165 Å². The maximum absolute atomic E-state index is 11.8. The molecule has 0 saturated carbocycles. The van der Waals surface area contributed by atoms with Crippen LogP contribution in [0.1, 0.15) is 25.8 Å². The highest BCUT2D eigenvalue weighted by Gasteiger charge is 2.11. The summed E-state index contributed by atoms with van der Waals surface area (Å²) in [6.45, 7) is 9.51. The minimum absolute atomic E-state index is 0.0601. The van der Waals surface area contributed by atoms with Crippen molar-refractivity contribution in [1.29, 1.82) is 0 Å². The molecule has 8 nitrogen and oxygen atoms in total. The summed E-state index contributed by atoms with van der Waals surface area (Å²) in [6.07, 6.45) is -0.510. The van der Waals surface area contributed by atoms with Gasteiger partial charge in [0.25, 0.3) is 0 Å². The van der Waals surface area contributed by atoms with E-state index in [9.17, 15) is 14.4 Å². The van der Waals surface area contributed by atoms with Gasteiger partial charge in [-0.3, -0.25) is 5.32 Å². The predicted octanol–water partition coefficient (Wildman–Crippen LogP) is 3.42. The first-order valence-electron chi connectivity index (χ1n) is 9.04. The second kappa shape index (κ2) is 12.4. The minimum Gasteiger partial charge on any atom is -0.459 e. The van der Waals surface area contributed by atoms with Gasteiger partial charge in [-0.05, 0) is 31.4 Å². The molecule has 0 atom stereocenters. The number of nitrogens with one attached hydrogen (secondary N) is 2. The number of rotatable bonds is 10. The lowest BCUT2D eigenvalue weighted by molar-refractivity contribution is -0.140. The number of hydrogen-bond donors (Lipinski definition) is 2. The molecule has 0 aliphatic carbocycles. The van der Waals surface area contributed by atoms with Gasteiger partial charge < -0.3 is 19.5 Å². The van der Waals surface area contributed by atoms with Crippen LogP contribution < -0.4 is 10.6 Å². The summed E-state index contributed by atoms with van der Waals surface area (Å²) >= 11 is 0. The number of alkyl carbamates (subject to hydrolysis) is 1. The first-order chi connectivity index (χ1) is 13.3. The van der Waals surface area contributed by atoms with Crippen LogP contribution in [0.2, 0.25) is 0 Å². The molecule has 0 radical (unpaired) electrons. The van der Waals surface area contributed by atoms with E-state index in [1.807, 2.05) is 32.9 Å². The fourth-order valence-corrected chi connectivity index (χ4v) is 1.85.